The van der Waals surface area contributed by atoms with Crippen LogP contribution in [-0.4, -0.2) is 29.6 Å². The molecule has 23 heavy (non-hydrogen) atoms. The molecule has 0 fully saturated rings. The van der Waals surface area contributed by atoms with E-state index in [1.807, 2.05) is 60.7 Å². The van der Waals surface area contributed by atoms with E-state index < -0.39 is 17.9 Å². The number of aliphatic hydroxyl groups excluding tert-OH is 1. The van der Waals surface area contributed by atoms with Gasteiger partial charge in [0.1, 0.15) is 0 Å². The van der Waals surface area contributed by atoms with Crippen molar-refractivity contribution in [1.29, 1.82) is 0 Å². The maximum atomic E-state index is 11.7. The summed E-state index contributed by atoms with van der Waals surface area (Å²) in [6, 6.07) is 18.8. The molecular weight excluding hydrogens is 292 g/mol. The topological polar surface area (TPSA) is 78.4 Å². The number of rotatable bonds is 6. The molecule has 2 aromatic carbocycles. The molecule has 1 unspecified atom stereocenters. The third-order valence-corrected chi connectivity index (χ3v) is 3.31. The molecule has 1 atom stereocenters. The fraction of sp³-hybridized carbons (Fsp3) is 0.222. The van der Waals surface area contributed by atoms with E-state index in [9.17, 15) is 14.7 Å². The van der Waals surface area contributed by atoms with Gasteiger partial charge in [-0.2, -0.15) is 0 Å². The minimum absolute atomic E-state index is 0.0342. The van der Waals surface area contributed by atoms with Crippen molar-refractivity contribution in [2.75, 3.05) is 6.54 Å². The lowest BCUT2D eigenvalue weighted by atomic mass is 10.1. The van der Waals surface area contributed by atoms with Gasteiger partial charge in [-0.05, 0) is 11.1 Å². The first-order valence-corrected chi connectivity index (χ1v) is 7.47. The van der Waals surface area contributed by atoms with E-state index in [4.69, 9.17) is 0 Å². The van der Waals surface area contributed by atoms with Crippen molar-refractivity contribution in [2.45, 2.75) is 19.1 Å². The smallest absolute Gasteiger partial charge is 0.309 e. The molecule has 120 valence electrons. The Balaban J connectivity index is 1.70. The predicted molar refractivity (Wildman–Crippen MR) is 87.5 cm³/mol. The highest BCUT2D eigenvalue weighted by Crippen LogP contribution is 2.02. The van der Waals surface area contributed by atoms with Crippen LogP contribution in [0.25, 0.3) is 0 Å². The molecule has 0 aromatic heterocycles. The van der Waals surface area contributed by atoms with Crippen LogP contribution in [0.2, 0.25) is 0 Å². The molecule has 0 spiro atoms. The van der Waals surface area contributed by atoms with Gasteiger partial charge < -0.3 is 15.7 Å². The molecule has 0 saturated heterocycles. The zero-order valence-electron chi connectivity index (χ0n) is 12.7. The molecule has 0 saturated carbocycles. The van der Waals surface area contributed by atoms with E-state index in [-0.39, 0.29) is 6.54 Å². The Morgan fingerprint density at radius 3 is 1.96 bits per heavy atom. The molecule has 0 aliphatic carbocycles. The molecule has 2 amide bonds. The molecule has 0 radical (unpaired) electrons. The third-order valence-electron chi connectivity index (χ3n) is 3.31. The SMILES string of the molecule is O=C(NCc1ccccc1)C(=O)NCC(O)Cc1ccccc1. The lowest BCUT2D eigenvalue weighted by molar-refractivity contribution is -0.139. The van der Waals surface area contributed by atoms with Crippen LogP contribution in [0.3, 0.4) is 0 Å². The quantitative estimate of drug-likeness (QED) is 0.697. The number of aliphatic hydroxyl groups is 1. The third kappa shape index (κ3) is 5.92. The van der Waals surface area contributed by atoms with Gasteiger partial charge in [0.25, 0.3) is 0 Å². The van der Waals surface area contributed by atoms with Gasteiger partial charge in [-0.15, -0.1) is 0 Å². The molecule has 3 N–H and O–H groups in total. The number of hydrogen-bond donors (Lipinski definition) is 3. The van der Waals surface area contributed by atoms with Crippen molar-refractivity contribution >= 4 is 11.8 Å². The molecule has 2 aromatic rings. The van der Waals surface area contributed by atoms with Gasteiger partial charge in [-0.1, -0.05) is 60.7 Å². The van der Waals surface area contributed by atoms with E-state index in [2.05, 4.69) is 10.6 Å². The molecule has 0 aliphatic rings. The monoisotopic (exact) mass is 312 g/mol. The standard InChI is InChI=1S/C18H20N2O3/c21-16(11-14-7-3-1-4-8-14)13-20-18(23)17(22)19-12-15-9-5-2-6-10-15/h1-10,16,21H,11-13H2,(H,19,22)(H,20,23). The van der Waals surface area contributed by atoms with E-state index in [1.165, 1.54) is 0 Å². The number of hydrogen-bond acceptors (Lipinski definition) is 3. The normalized spacial score (nSPS) is 11.5. The Labute approximate surface area is 135 Å². The van der Waals surface area contributed by atoms with Crippen LogP contribution in [-0.2, 0) is 22.6 Å². The lowest BCUT2D eigenvalue weighted by Crippen LogP contribution is -2.42. The van der Waals surface area contributed by atoms with Crippen LogP contribution in [0.5, 0.6) is 0 Å². The second kappa shape index (κ2) is 8.70. The van der Waals surface area contributed by atoms with Gasteiger partial charge in [-0.3, -0.25) is 9.59 Å². The summed E-state index contributed by atoms with van der Waals surface area (Å²) >= 11 is 0. The lowest BCUT2D eigenvalue weighted by Gasteiger charge is -2.12. The molecule has 5 nitrogen and oxygen atoms in total. The zero-order chi connectivity index (χ0) is 16.5. The van der Waals surface area contributed by atoms with E-state index in [0.29, 0.717) is 13.0 Å². The van der Waals surface area contributed by atoms with Gasteiger partial charge in [0.2, 0.25) is 0 Å². The minimum atomic E-state index is -0.743. The Kier molecular flexibility index (Phi) is 6.32. The average Bonchev–Trinajstić information content (AvgIpc) is 2.59. The summed E-state index contributed by atoms with van der Waals surface area (Å²) in [5, 5.41) is 14.9. The van der Waals surface area contributed by atoms with Gasteiger partial charge >= 0.3 is 11.8 Å². The van der Waals surface area contributed by atoms with Crippen molar-refractivity contribution in [3.8, 4) is 0 Å². The maximum absolute atomic E-state index is 11.7. The van der Waals surface area contributed by atoms with Gasteiger partial charge in [-0.25, -0.2) is 0 Å². The highest BCUT2D eigenvalue weighted by molar-refractivity contribution is 6.35. The average molecular weight is 312 g/mol. The van der Waals surface area contributed by atoms with Gasteiger partial charge in [0, 0.05) is 19.5 Å². The summed E-state index contributed by atoms with van der Waals surface area (Å²) in [7, 11) is 0. The zero-order valence-corrected chi connectivity index (χ0v) is 12.7. The van der Waals surface area contributed by atoms with Crippen LogP contribution in [0, 0.1) is 0 Å². The van der Waals surface area contributed by atoms with Gasteiger partial charge in [0.15, 0.2) is 0 Å². The van der Waals surface area contributed by atoms with Crippen molar-refractivity contribution in [3.63, 3.8) is 0 Å². The first kappa shape index (κ1) is 16.7. The molecule has 0 bridgehead atoms. The van der Waals surface area contributed by atoms with E-state index in [0.717, 1.165) is 11.1 Å². The van der Waals surface area contributed by atoms with Crippen molar-refractivity contribution in [2.24, 2.45) is 0 Å². The van der Waals surface area contributed by atoms with Crippen LogP contribution in [0.15, 0.2) is 60.7 Å². The Hall–Kier alpha value is -2.66. The molecule has 0 aliphatic heterocycles. The fourth-order valence-corrected chi connectivity index (χ4v) is 2.11. The Bertz CT molecular complexity index is 629. The molecule has 5 heteroatoms. The fourth-order valence-electron chi connectivity index (χ4n) is 2.11. The number of benzene rings is 2. The highest BCUT2D eigenvalue weighted by Gasteiger charge is 2.14. The maximum Gasteiger partial charge on any atom is 0.309 e. The van der Waals surface area contributed by atoms with Crippen molar-refractivity contribution in [3.05, 3.63) is 71.8 Å². The summed E-state index contributed by atoms with van der Waals surface area (Å²) in [6.45, 7) is 0.326. The van der Waals surface area contributed by atoms with Crippen molar-refractivity contribution in [1.82, 2.24) is 10.6 Å². The number of amides is 2. The largest absolute Gasteiger partial charge is 0.391 e. The summed E-state index contributed by atoms with van der Waals surface area (Å²) in [5.41, 5.74) is 1.89. The first-order chi connectivity index (χ1) is 11.1. The molecule has 2 rings (SSSR count). The van der Waals surface area contributed by atoms with Crippen LogP contribution >= 0.6 is 0 Å². The Morgan fingerprint density at radius 2 is 1.35 bits per heavy atom. The Morgan fingerprint density at radius 1 is 0.826 bits per heavy atom. The van der Waals surface area contributed by atoms with Crippen LogP contribution in [0.4, 0.5) is 0 Å². The van der Waals surface area contributed by atoms with E-state index >= 15 is 0 Å². The highest BCUT2D eigenvalue weighted by atomic mass is 16.3. The summed E-state index contributed by atoms with van der Waals surface area (Å²) in [5.74, 6) is -1.45. The second-order valence-electron chi connectivity index (χ2n) is 5.22. The van der Waals surface area contributed by atoms with Crippen LogP contribution in [0.1, 0.15) is 11.1 Å². The summed E-state index contributed by atoms with van der Waals surface area (Å²) < 4.78 is 0. The minimum Gasteiger partial charge on any atom is -0.391 e. The number of nitrogens with one attached hydrogen (secondary N) is 2. The van der Waals surface area contributed by atoms with E-state index in [1.54, 1.807) is 0 Å². The van der Waals surface area contributed by atoms with Crippen molar-refractivity contribution < 1.29 is 14.7 Å². The number of carbonyl (C=O) groups excluding carboxylic acids is 2. The predicted octanol–water partition coefficient (Wildman–Crippen LogP) is 1.02. The number of carbonyl (C=O) groups is 2. The first-order valence-electron chi connectivity index (χ1n) is 7.47. The second-order valence-corrected chi connectivity index (χ2v) is 5.22. The van der Waals surface area contributed by atoms with Crippen LogP contribution < -0.4 is 10.6 Å². The molecule has 0 heterocycles. The summed E-state index contributed by atoms with van der Waals surface area (Å²) in [6.07, 6.45) is -0.310. The van der Waals surface area contributed by atoms with Gasteiger partial charge in [0.05, 0.1) is 6.10 Å². The molecular formula is C18H20N2O3. The summed E-state index contributed by atoms with van der Waals surface area (Å²) in [4.78, 5) is 23.4.